The smallest absolute Gasteiger partial charge is 0.341 e. The summed E-state index contributed by atoms with van der Waals surface area (Å²) in [6, 6.07) is 8.32. The van der Waals surface area contributed by atoms with Crippen LogP contribution < -0.4 is 10.1 Å². The number of ether oxygens (including phenoxy) is 2. The van der Waals surface area contributed by atoms with Gasteiger partial charge in [0.05, 0.1) is 6.10 Å². The molecule has 1 amide bonds. The second kappa shape index (κ2) is 8.70. The maximum absolute atomic E-state index is 12.0. The largest absolute Gasteiger partial charge is 0.482 e. The first-order chi connectivity index (χ1) is 11.6. The number of nitrogens with one attached hydrogen (secondary N) is 1. The Labute approximate surface area is 139 Å². The first kappa shape index (κ1) is 17.5. The van der Waals surface area contributed by atoms with Gasteiger partial charge in [0.2, 0.25) is 0 Å². The highest BCUT2D eigenvalue weighted by atomic mass is 16.5. The molecule has 0 bridgehead atoms. The van der Waals surface area contributed by atoms with E-state index in [-0.39, 0.29) is 11.7 Å². The minimum Gasteiger partial charge on any atom is -0.482 e. The lowest BCUT2D eigenvalue weighted by atomic mass is 10.1. The average Bonchev–Trinajstić information content (AvgIpc) is 3.10. The van der Waals surface area contributed by atoms with E-state index in [1.807, 2.05) is 6.07 Å². The fourth-order valence-electron chi connectivity index (χ4n) is 2.23. The van der Waals surface area contributed by atoms with Crippen molar-refractivity contribution in [1.29, 1.82) is 5.26 Å². The second-order valence-electron chi connectivity index (χ2n) is 5.27. The van der Waals surface area contributed by atoms with Crippen molar-refractivity contribution in [2.24, 2.45) is 0 Å². The first-order valence-electron chi connectivity index (χ1n) is 7.54. The van der Waals surface area contributed by atoms with Crippen molar-refractivity contribution in [2.75, 3.05) is 19.8 Å². The summed E-state index contributed by atoms with van der Waals surface area (Å²) in [7, 11) is 0. The van der Waals surface area contributed by atoms with Gasteiger partial charge in [0.15, 0.2) is 6.61 Å². The van der Waals surface area contributed by atoms with Crippen molar-refractivity contribution in [2.45, 2.75) is 18.9 Å². The maximum atomic E-state index is 12.0. The quantitative estimate of drug-likeness (QED) is 0.577. The Morgan fingerprint density at radius 2 is 2.17 bits per heavy atom. The molecule has 126 valence electrons. The number of nitrogens with zero attached hydrogens (tertiary/aromatic N) is 1. The molecule has 1 saturated heterocycles. The second-order valence-corrected chi connectivity index (χ2v) is 5.27. The predicted molar refractivity (Wildman–Crippen MR) is 85.1 cm³/mol. The Morgan fingerprint density at radius 1 is 1.42 bits per heavy atom. The summed E-state index contributed by atoms with van der Waals surface area (Å²) in [6.45, 7) is 0.669. The van der Waals surface area contributed by atoms with Crippen molar-refractivity contribution in [3.05, 3.63) is 35.4 Å². The third-order valence-corrected chi connectivity index (χ3v) is 3.43. The topological polar surface area (TPSA) is 109 Å². The van der Waals surface area contributed by atoms with E-state index in [0.29, 0.717) is 24.5 Å². The van der Waals surface area contributed by atoms with E-state index in [4.69, 9.17) is 19.8 Å². The number of nitriles is 1. The van der Waals surface area contributed by atoms with Crippen LogP contribution in [0.5, 0.6) is 5.75 Å². The lowest BCUT2D eigenvalue weighted by Gasteiger charge is -2.10. The van der Waals surface area contributed by atoms with E-state index in [1.165, 1.54) is 6.08 Å². The number of carboxylic acid groups (broad SMARTS) is 1. The molecule has 1 aliphatic heterocycles. The molecule has 0 aromatic heterocycles. The molecule has 0 radical (unpaired) electrons. The lowest BCUT2D eigenvalue weighted by molar-refractivity contribution is -0.139. The van der Waals surface area contributed by atoms with E-state index in [9.17, 15) is 9.59 Å². The van der Waals surface area contributed by atoms with Crippen LogP contribution in [0.3, 0.4) is 0 Å². The van der Waals surface area contributed by atoms with Crippen LogP contribution in [0.4, 0.5) is 0 Å². The van der Waals surface area contributed by atoms with Gasteiger partial charge in [0.25, 0.3) is 5.91 Å². The van der Waals surface area contributed by atoms with Crippen molar-refractivity contribution >= 4 is 18.0 Å². The maximum Gasteiger partial charge on any atom is 0.341 e. The molecule has 7 heteroatoms. The van der Waals surface area contributed by atoms with Gasteiger partial charge < -0.3 is 19.9 Å². The van der Waals surface area contributed by atoms with Gasteiger partial charge in [-0.05, 0) is 36.6 Å². The highest BCUT2D eigenvalue weighted by molar-refractivity contribution is 6.01. The van der Waals surface area contributed by atoms with Crippen LogP contribution >= 0.6 is 0 Å². The molecule has 2 N–H and O–H groups in total. The van der Waals surface area contributed by atoms with Crippen LogP contribution in [0, 0.1) is 11.3 Å². The van der Waals surface area contributed by atoms with Gasteiger partial charge in [-0.2, -0.15) is 5.26 Å². The summed E-state index contributed by atoms with van der Waals surface area (Å²) in [6.07, 6.45) is 3.37. The highest BCUT2D eigenvalue weighted by Gasteiger charge is 2.17. The Hall–Kier alpha value is -2.85. The number of amides is 1. The summed E-state index contributed by atoms with van der Waals surface area (Å²) >= 11 is 0. The summed E-state index contributed by atoms with van der Waals surface area (Å²) in [5.74, 6) is -1.11. The van der Waals surface area contributed by atoms with E-state index in [0.717, 1.165) is 12.8 Å². The van der Waals surface area contributed by atoms with Crippen molar-refractivity contribution in [1.82, 2.24) is 5.32 Å². The fourth-order valence-corrected chi connectivity index (χ4v) is 2.23. The number of hydrogen-bond acceptors (Lipinski definition) is 5. The molecule has 1 unspecified atom stereocenters. The van der Waals surface area contributed by atoms with Gasteiger partial charge in [-0.1, -0.05) is 12.1 Å². The van der Waals surface area contributed by atoms with Gasteiger partial charge in [0, 0.05) is 13.2 Å². The molecule has 1 aromatic carbocycles. The van der Waals surface area contributed by atoms with Crippen LogP contribution in [0.2, 0.25) is 0 Å². The van der Waals surface area contributed by atoms with Crippen LogP contribution in [-0.4, -0.2) is 42.8 Å². The summed E-state index contributed by atoms with van der Waals surface area (Å²) in [5.41, 5.74) is 0.633. The van der Waals surface area contributed by atoms with Crippen LogP contribution in [0.25, 0.3) is 6.08 Å². The third-order valence-electron chi connectivity index (χ3n) is 3.43. The molecule has 1 fully saturated rings. The zero-order chi connectivity index (χ0) is 17.4. The van der Waals surface area contributed by atoms with Crippen molar-refractivity contribution < 1.29 is 24.2 Å². The Balaban J connectivity index is 1.94. The molecular weight excluding hydrogens is 312 g/mol. The molecule has 2 rings (SSSR count). The molecule has 1 aliphatic rings. The molecule has 0 saturated carbocycles. The Morgan fingerprint density at radius 3 is 2.75 bits per heavy atom. The summed E-state index contributed by atoms with van der Waals surface area (Å²) < 4.78 is 10.4. The van der Waals surface area contributed by atoms with Crippen LogP contribution in [0.15, 0.2) is 29.8 Å². The van der Waals surface area contributed by atoms with E-state index >= 15 is 0 Å². The minimum absolute atomic E-state index is 0.00722. The zero-order valence-electron chi connectivity index (χ0n) is 13.0. The number of aliphatic carboxylic acids is 1. The molecular formula is C17H18N2O5. The number of benzene rings is 1. The molecule has 24 heavy (non-hydrogen) atoms. The molecule has 1 atom stereocenters. The molecule has 0 spiro atoms. The average molecular weight is 330 g/mol. The number of carbonyl (C=O) groups is 2. The molecule has 1 heterocycles. The number of carbonyl (C=O) groups excluding carboxylic acids is 1. The predicted octanol–water partition coefficient (Wildman–Crippen LogP) is 1.35. The van der Waals surface area contributed by atoms with Crippen LogP contribution in [-0.2, 0) is 14.3 Å². The molecule has 7 nitrogen and oxygen atoms in total. The standard InChI is InChI=1S/C17H18N2O5/c18-9-13(17(22)19-10-15-2-1-7-23-15)8-12-3-5-14(6-4-12)24-11-16(20)21/h3-6,8,15H,1-2,7,10-11H2,(H,19,22)(H,20,21). The van der Waals surface area contributed by atoms with Crippen molar-refractivity contribution in [3.63, 3.8) is 0 Å². The normalized spacial score (nSPS) is 17.1. The highest BCUT2D eigenvalue weighted by Crippen LogP contribution is 2.15. The van der Waals surface area contributed by atoms with Gasteiger partial charge in [0.1, 0.15) is 17.4 Å². The Bertz CT molecular complexity index is 655. The molecule has 0 aliphatic carbocycles. The van der Waals surface area contributed by atoms with Gasteiger partial charge in [-0.15, -0.1) is 0 Å². The van der Waals surface area contributed by atoms with Crippen molar-refractivity contribution in [3.8, 4) is 11.8 Å². The minimum atomic E-state index is -1.06. The number of carboxylic acids is 1. The number of rotatable bonds is 7. The van der Waals surface area contributed by atoms with E-state index in [1.54, 1.807) is 24.3 Å². The third kappa shape index (κ3) is 5.41. The fraction of sp³-hybridized carbons (Fsp3) is 0.353. The van der Waals surface area contributed by atoms with E-state index < -0.39 is 18.5 Å². The van der Waals surface area contributed by atoms with E-state index in [2.05, 4.69) is 5.32 Å². The SMILES string of the molecule is N#CC(=Cc1ccc(OCC(=O)O)cc1)C(=O)NCC1CCCO1. The first-order valence-corrected chi connectivity index (χ1v) is 7.54. The summed E-state index contributed by atoms with van der Waals surface area (Å²) in [5, 5.41) is 20.4. The molecule has 1 aromatic rings. The van der Waals surface area contributed by atoms with Gasteiger partial charge in [-0.3, -0.25) is 4.79 Å². The number of hydrogen-bond donors (Lipinski definition) is 2. The lowest BCUT2D eigenvalue weighted by Crippen LogP contribution is -2.32. The summed E-state index contributed by atoms with van der Waals surface area (Å²) in [4.78, 5) is 22.5. The van der Waals surface area contributed by atoms with Crippen LogP contribution in [0.1, 0.15) is 18.4 Å². The van der Waals surface area contributed by atoms with Gasteiger partial charge >= 0.3 is 5.97 Å². The van der Waals surface area contributed by atoms with Gasteiger partial charge in [-0.25, -0.2) is 4.79 Å². The Kier molecular flexibility index (Phi) is 6.34. The zero-order valence-corrected chi connectivity index (χ0v) is 13.0. The monoisotopic (exact) mass is 330 g/mol.